The largest absolute Gasteiger partial charge is 0.444 e. The Morgan fingerprint density at radius 2 is 1.94 bits per heavy atom. The van der Waals surface area contributed by atoms with Gasteiger partial charge in [-0.05, 0) is 57.0 Å². The average Bonchev–Trinajstić information content (AvgIpc) is 2.91. The minimum Gasteiger partial charge on any atom is -0.444 e. The molecule has 2 aliphatic heterocycles. The molecule has 0 radical (unpaired) electrons. The van der Waals surface area contributed by atoms with Crippen LogP contribution < -0.4 is 0 Å². The first-order valence-corrected chi connectivity index (χ1v) is 11.2. The van der Waals surface area contributed by atoms with Crippen molar-refractivity contribution in [2.45, 2.75) is 51.8 Å². The van der Waals surface area contributed by atoms with Gasteiger partial charge in [0.25, 0.3) is 0 Å². The van der Waals surface area contributed by atoms with Crippen LogP contribution in [0.15, 0.2) is 53.8 Å². The lowest BCUT2D eigenvalue weighted by Crippen LogP contribution is -2.37. The van der Waals surface area contributed by atoms with Gasteiger partial charge in [-0.25, -0.2) is 4.79 Å². The van der Waals surface area contributed by atoms with E-state index in [1.807, 2.05) is 62.2 Å². The summed E-state index contributed by atoms with van der Waals surface area (Å²) in [6.07, 6.45) is 3.14. The van der Waals surface area contributed by atoms with Crippen LogP contribution in [0.1, 0.15) is 50.9 Å². The zero-order chi connectivity index (χ0) is 22.0. The van der Waals surface area contributed by atoms with Crippen molar-refractivity contribution in [2.24, 2.45) is 11.0 Å². The zero-order valence-electron chi connectivity index (χ0n) is 18.3. The highest BCUT2D eigenvalue weighted by Crippen LogP contribution is 2.41. The molecule has 2 aromatic rings. The SMILES string of the molecule is CC(C)(C)OC(=O)N1CCC2=NN(Cc3ccccn3)C(c3ccc(Cl)cc3)C2CC1. The molecule has 0 bridgehead atoms. The molecule has 2 unspecified atom stereocenters. The van der Waals surface area contributed by atoms with E-state index in [-0.39, 0.29) is 18.1 Å². The van der Waals surface area contributed by atoms with Gasteiger partial charge >= 0.3 is 6.09 Å². The summed E-state index contributed by atoms with van der Waals surface area (Å²) >= 11 is 6.14. The van der Waals surface area contributed by atoms with Crippen molar-refractivity contribution >= 4 is 23.4 Å². The number of hydrazone groups is 1. The fraction of sp³-hybridized carbons (Fsp3) is 0.458. The van der Waals surface area contributed by atoms with Crippen LogP contribution in [0.2, 0.25) is 5.02 Å². The molecule has 0 saturated carbocycles. The van der Waals surface area contributed by atoms with Crippen LogP contribution in [0, 0.1) is 5.92 Å². The standard InChI is InChI=1S/C24H29ClN4O2/c1-24(2,3)31-23(30)28-14-11-20-21(12-15-28)27-29(16-19-6-4-5-13-26-19)22(20)17-7-9-18(25)10-8-17/h4-10,13,20,22H,11-12,14-16H2,1-3H3. The Labute approximate surface area is 188 Å². The highest BCUT2D eigenvalue weighted by Gasteiger charge is 2.40. The number of pyridine rings is 1. The average molecular weight is 441 g/mol. The lowest BCUT2D eigenvalue weighted by atomic mass is 9.87. The molecule has 0 N–H and O–H groups in total. The summed E-state index contributed by atoms with van der Waals surface area (Å²) in [6.45, 7) is 7.60. The van der Waals surface area contributed by atoms with Gasteiger partial charge < -0.3 is 9.64 Å². The van der Waals surface area contributed by atoms with Gasteiger partial charge in [0.1, 0.15) is 5.60 Å². The Kier molecular flexibility index (Phi) is 6.19. The van der Waals surface area contributed by atoms with E-state index in [4.69, 9.17) is 21.4 Å². The van der Waals surface area contributed by atoms with Crippen LogP contribution >= 0.6 is 11.6 Å². The number of carbonyl (C=O) groups excluding carboxylic acids is 1. The Hall–Kier alpha value is -2.60. The predicted molar refractivity (Wildman–Crippen MR) is 122 cm³/mol. The number of hydrogen-bond acceptors (Lipinski definition) is 5. The second-order valence-corrected chi connectivity index (χ2v) is 9.56. The Bertz CT molecular complexity index is 940. The van der Waals surface area contributed by atoms with Gasteiger partial charge in [0.05, 0.1) is 18.3 Å². The minimum absolute atomic E-state index is 0.0906. The van der Waals surface area contributed by atoms with E-state index in [0.29, 0.717) is 19.6 Å². The first-order chi connectivity index (χ1) is 14.8. The van der Waals surface area contributed by atoms with Crippen molar-refractivity contribution in [1.29, 1.82) is 0 Å². The van der Waals surface area contributed by atoms with Crippen molar-refractivity contribution in [1.82, 2.24) is 14.9 Å². The van der Waals surface area contributed by atoms with Gasteiger partial charge in [0, 0.05) is 42.4 Å². The number of hydrogen-bond donors (Lipinski definition) is 0. The molecule has 0 aliphatic carbocycles. The number of fused-ring (bicyclic) bond motifs is 1. The summed E-state index contributed by atoms with van der Waals surface area (Å²) in [4.78, 5) is 18.9. The van der Waals surface area contributed by atoms with E-state index in [1.54, 1.807) is 0 Å². The molecular weight excluding hydrogens is 412 g/mol. The number of amides is 1. The van der Waals surface area contributed by atoms with Crippen LogP contribution in [-0.4, -0.2) is 45.4 Å². The quantitative estimate of drug-likeness (QED) is 0.650. The number of aromatic nitrogens is 1. The smallest absolute Gasteiger partial charge is 0.410 e. The monoisotopic (exact) mass is 440 g/mol. The lowest BCUT2D eigenvalue weighted by molar-refractivity contribution is 0.0251. The third-order valence-electron chi connectivity index (χ3n) is 5.65. The minimum atomic E-state index is -0.498. The molecule has 7 heteroatoms. The molecule has 4 rings (SSSR count). The number of likely N-dealkylation sites (tertiary alicyclic amines) is 1. The van der Waals surface area contributed by atoms with Crippen molar-refractivity contribution in [3.63, 3.8) is 0 Å². The van der Waals surface area contributed by atoms with E-state index in [2.05, 4.69) is 22.1 Å². The zero-order valence-corrected chi connectivity index (χ0v) is 19.0. The summed E-state index contributed by atoms with van der Waals surface area (Å²) < 4.78 is 5.59. The third-order valence-corrected chi connectivity index (χ3v) is 5.90. The molecule has 1 aromatic carbocycles. The summed E-state index contributed by atoms with van der Waals surface area (Å²) in [5.74, 6) is 0.234. The number of carbonyl (C=O) groups is 1. The van der Waals surface area contributed by atoms with E-state index in [1.165, 1.54) is 5.56 Å². The maximum absolute atomic E-state index is 12.6. The number of nitrogens with zero attached hydrogens (tertiary/aromatic N) is 4. The summed E-state index contributed by atoms with van der Waals surface area (Å²) in [6, 6.07) is 14.0. The van der Waals surface area contributed by atoms with Gasteiger partial charge in [-0.3, -0.25) is 9.99 Å². The predicted octanol–water partition coefficient (Wildman–Crippen LogP) is 5.30. The van der Waals surface area contributed by atoms with Crippen LogP contribution in [0.4, 0.5) is 4.79 Å². The normalized spacial score (nSPS) is 21.4. The van der Waals surface area contributed by atoms with Crippen molar-refractivity contribution in [3.8, 4) is 0 Å². The van der Waals surface area contributed by atoms with Crippen LogP contribution in [0.25, 0.3) is 0 Å². The third kappa shape index (κ3) is 5.18. The van der Waals surface area contributed by atoms with Gasteiger partial charge in [-0.1, -0.05) is 29.8 Å². The second-order valence-electron chi connectivity index (χ2n) is 9.12. The number of ether oxygens (including phenoxy) is 1. The Morgan fingerprint density at radius 1 is 1.16 bits per heavy atom. The van der Waals surface area contributed by atoms with Crippen LogP contribution in [-0.2, 0) is 11.3 Å². The summed E-state index contributed by atoms with van der Waals surface area (Å²) in [5, 5.41) is 7.88. The van der Waals surface area contributed by atoms with E-state index >= 15 is 0 Å². The molecule has 6 nitrogen and oxygen atoms in total. The molecule has 2 aliphatic rings. The highest BCUT2D eigenvalue weighted by atomic mass is 35.5. The summed E-state index contributed by atoms with van der Waals surface area (Å²) in [5.41, 5.74) is 2.80. The maximum Gasteiger partial charge on any atom is 0.410 e. The lowest BCUT2D eigenvalue weighted by Gasteiger charge is -2.29. The number of benzene rings is 1. The molecule has 0 spiro atoms. The highest BCUT2D eigenvalue weighted by molar-refractivity contribution is 6.30. The molecule has 1 saturated heterocycles. The van der Waals surface area contributed by atoms with Gasteiger partial charge in [-0.15, -0.1) is 0 Å². The van der Waals surface area contributed by atoms with Crippen LogP contribution in [0.3, 0.4) is 0 Å². The van der Waals surface area contributed by atoms with E-state index in [9.17, 15) is 4.79 Å². The maximum atomic E-state index is 12.6. The molecule has 1 fully saturated rings. The molecule has 31 heavy (non-hydrogen) atoms. The Balaban J connectivity index is 1.58. The number of rotatable bonds is 3. The Morgan fingerprint density at radius 3 is 2.61 bits per heavy atom. The molecule has 3 heterocycles. The molecule has 164 valence electrons. The fourth-order valence-electron chi connectivity index (χ4n) is 4.27. The summed E-state index contributed by atoms with van der Waals surface area (Å²) in [7, 11) is 0. The van der Waals surface area contributed by atoms with Crippen molar-refractivity contribution < 1.29 is 9.53 Å². The van der Waals surface area contributed by atoms with Gasteiger partial charge in [0.15, 0.2) is 0 Å². The first kappa shape index (κ1) is 21.6. The van der Waals surface area contributed by atoms with Gasteiger partial charge in [-0.2, -0.15) is 5.10 Å². The topological polar surface area (TPSA) is 58.0 Å². The van der Waals surface area contributed by atoms with E-state index in [0.717, 1.165) is 29.3 Å². The fourth-order valence-corrected chi connectivity index (χ4v) is 4.40. The van der Waals surface area contributed by atoms with E-state index < -0.39 is 5.60 Å². The second kappa shape index (κ2) is 8.87. The molecule has 2 atom stereocenters. The first-order valence-electron chi connectivity index (χ1n) is 10.8. The van der Waals surface area contributed by atoms with Crippen LogP contribution in [0.5, 0.6) is 0 Å². The van der Waals surface area contributed by atoms with Gasteiger partial charge in [0.2, 0.25) is 0 Å². The number of halogens is 1. The molecule has 1 amide bonds. The molecule has 1 aromatic heterocycles. The van der Waals surface area contributed by atoms with Crippen molar-refractivity contribution in [3.05, 3.63) is 64.9 Å². The molecular formula is C24H29ClN4O2. The van der Waals surface area contributed by atoms with Crippen molar-refractivity contribution in [2.75, 3.05) is 13.1 Å².